The van der Waals surface area contributed by atoms with Crippen LogP contribution >= 0.6 is 11.6 Å². The van der Waals surface area contributed by atoms with Gasteiger partial charge in [-0.05, 0) is 48.4 Å². The van der Waals surface area contributed by atoms with Crippen molar-refractivity contribution in [2.24, 2.45) is 0 Å². The maximum absolute atomic E-state index is 13.7. The molecule has 0 bridgehead atoms. The van der Waals surface area contributed by atoms with E-state index in [0.29, 0.717) is 10.6 Å². The molecular weight excluding hydrogens is 261 g/mol. The van der Waals surface area contributed by atoms with Crippen molar-refractivity contribution in [3.05, 3.63) is 70.0 Å². The zero-order chi connectivity index (χ0) is 13.8. The lowest BCUT2D eigenvalue weighted by Crippen LogP contribution is -2.22. The third-order valence-electron chi connectivity index (χ3n) is 3.14. The van der Waals surface area contributed by atoms with Crippen LogP contribution in [0.1, 0.15) is 29.7 Å². The molecular formula is C16H17ClFN. The number of aryl methyl sites for hydroxylation is 1. The summed E-state index contributed by atoms with van der Waals surface area (Å²) in [6.45, 7) is 4.61. The predicted octanol–water partition coefficient (Wildman–Crippen LogP) is 4.49. The quantitative estimate of drug-likeness (QED) is 0.868. The molecule has 1 nitrogen and oxygen atoms in total. The molecule has 1 N–H and O–H groups in total. The Balaban J connectivity index is 2.38. The van der Waals surface area contributed by atoms with Crippen LogP contribution in [0.25, 0.3) is 0 Å². The largest absolute Gasteiger partial charge is 0.307 e. The normalized spacial score (nSPS) is 12.4. The molecule has 1 unspecified atom stereocenters. The highest BCUT2D eigenvalue weighted by atomic mass is 35.5. The van der Waals surface area contributed by atoms with Gasteiger partial charge in [-0.15, -0.1) is 0 Å². The summed E-state index contributed by atoms with van der Waals surface area (Å²) in [5.41, 5.74) is 2.66. The standard InChI is InChI=1S/C16H17ClFN/c1-3-19-16(12-6-8-14(17)9-7-12)13-5-4-11(2)15(18)10-13/h4-10,16,19H,3H2,1-2H3. The van der Waals surface area contributed by atoms with E-state index in [1.165, 1.54) is 0 Å². The summed E-state index contributed by atoms with van der Waals surface area (Å²) >= 11 is 5.91. The van der Waals surface area contributed by atoms with Gasteiger partial charge in [0.25, 0.3) is 0 Å². The topological polar surface area (TPSA) is 12.0 Å². The van der Waals surface area contributed by atoms with Gasteiger partial charge in [0, 0.05) is 5.02 Å². The van der Waals surface area contributed by atoms with Gasteiger partial charge in [0.1, 0.15) is 5.82 Å². The van der Waals surface area contributed by atoms with Crippen molar-refractivity contribution in [3.8, 4) is 0 Å². The van der Waals surface area contributed by atoms with Gasteiger partial charge in [0.15, 0.2) is 0 Å². The van der Waals surface area contributed by atoms with Gasteiger partial charge in [-0.25, -0.2) is 4.39 Å². The van der Waals surface area contributed by atoms with Crippen LogP contribution in [0.3, 0.4) is 0 Å². The lowest BCUT2D eigenvalue weighted by molar-refractivity contribution is 0.597. The van der Waals surface area contributed by atoms with E-state index in [4.69, 9.17) is 11.6 Å². The fourth-order valence-corrected chi connectivity index (χ4v) is 2.20. The summed E-state index contributed by atoms with van der Waals surface area (Å²) in [6, 6.07) is 13.0. The van der Waals surface area contributed by atoms with Gasteiger partial charge in [-0.3, -0.25) is 0 Å². The summed E-state index contributed by atoms with van der Waals surface area (Å²) in [5, 5.41) is 4.07. The Morgan fingerprint density at radius 2 is 1.74 bits per heavy atom. The number of hydrogen-bond donors (Lipinski definition) is 1. The Labute approximate surface area is 118 Å². The number of hydrogen-bond acceptors (Lipinski definition) is 1. The number of rotatable bonds is 4. The van der Waals surface area contributed by atoms with E-state index in [0.717, 1.165) is 17.7 Å². The first-order valence-corrected chi connectivity index (χ1v) is 6.74. The van der Waals surface area contributed by atoms with Crippen molar-refractivity contribution in [2.45, 2.75) is 19.9 Å². The van der Waals surface area contributed by atoms with E-state index >= 15 is 0 Å². The van der Waals surface area contributed by atoms with Crippen molar-refractivity contribution in [1.29, 1.82) is 0 Å². The minimum absolute atomic E-state index is 0.0163. The van der Waals surface area contributed by atoms with Gasteiger partial charge < -0.3 is 5.32 Å². The molecule has 2 rings (SSSR count). The fraction of sp³-hybridized carbons (Fsp3) is 0.250. The van der Waals surface area contributed by atoms with E-state index in [9.17, 15) is 4.39 Å². The van der Waals surface area contributed by atoms with Gasteiger partial charge in [0.05, 0.1) is 6.04 Å². The van der Waals surface area contributed by atoms with Crippen molar-refractivity contribution in [2.75, 3.05) is 6.54 Å². The van der Waals surface area contributed by atoms with Crippen molar-refractivity contribution in [3.63, 3.8) is 0 Å². The maximum Gasteiger partial charge on any atom is 0.126 e. The lowest BCUT2D eigenvalue weighted by atomic mass is 9.97. The van der Waals surface area contributed by atoms with E-state index in [-0.39, 0.29) is 11.9 Å². The highest BCUT2D eigenvalue weighted by Crippen LogP contribution is 2.24. The SMILES string of the molecule is CCNC(c1ccc(Cl)cc1)c1ccc(C)c(F)c1. The van der Waals surface area contributed by atoms with Gasteiger partial charge in [-0.1, -0.05) is 42.8 Å². The first-order chi connectivity index (χ1) is 9.11. The van der Waals surface area contributed by atoms with Crippen LogP contribution < -0.4 is 5.32 Å². The van der Waals surface area contributed by atoms with E-state index in [1.807, 2.05) is 43.3 Å². The average Bonchev–Trinajstić information content (AvgIpc) is 2.41. The summed E-state index contributed by atoms with van der Waals surface area (Å²) in [5.74, 6) is -0.172. The number of halogens is 2. The van der Waals surface area contributed by atoms with Crippen LogP contribution in [0, 0.1) is 12.7 Å². The number of nitrogens with one attached hydrogen (secondary N) is 1. The smallest absolute Gasteiger partial charge is 0.126 e. The van der Waals surface area contributed by atoms with Crippen LogP contribution in [0.15, 0.2) is 42.5 Å². The fourth-order valence-electron chi connectivity index (χ4n) is 2.08. The first-order valence-electron chi connectivity index (χ1n) is 6.36. The number of benzene rings is 2. The van der Waals surface area contributed by atoms with Crippen LogP contribution in [0.2, 0.25) is 5.02 Å². The molecule has 19 heavy (non-hydrogen) atoms. The molecule has 0 spiro atoms. The molecule has 0 aliphatic carbocycles. The van der Waals surface area contributed by atoms with Crippen LogP contribution in [-0.2, 0) is 0 Å². The maximum atomic E-state index is 13.7. The Kier molecular flexibility index (Phi) is 4.56. The molecule has 0 radical (unpaired) electrons. The van der Waals surface area contributed by atoms with Crippen molar-refractivity contribution < 1.29 is 4.39 Å². The third-order valence-corrected chi connectivity index (χ3v) is 3.39. The summed E-state index contributed by atoms with van der Waals surface area (Å²) in [6.07, 6.45) is 0. The highest BCUT2D eigenvalue weighted by molar-refractivity contribution is 6.30. The molecule has 1 atom stereocenters. The molecule has 0 fully saturated rings. The van der Waals surface area contributed by atoms with Crippen LogP contribution in [0.5, 0.6) is 0 Å². The second-order valence-electron chi connectivity index (χ2n) is 4.55. The lowest BCUT2D eigenvalue weighted by Gasteiger charge is -2.19. The third kappa shape index (κ3) is 3.34. The molecule has 0 aliphatic heterocycles. The van der Waals surface area contributed by atoms with Crippen LogP contribution in [0.4, 0.5) is 4.39 Å². The zero-order valence-corrected chi connectivity index (χ0v) is 11.8. The molecule has 0 aliphatic rings. The Morgan fingerprint density at radius 3 is 2.32 bits per heavy atom. The summed E-state index contributed by atoms with van der Waals surface area (Å²) in [4.78, 5) is 0. The second-order valence-corrected chi connectivity index (χ2v) is 4.99. The highest BCUT2D eigenvalue weighted by Gasteiger charge is 2.14. The van der Waals surface area contributed by atoms with Crippen molar-refractivity contribution >= 4 is 11.6 Å². The average molecular weight is 278 g/mol. The van der Waals surface area contributed by atoms with E-state index in [2.05, 4.69) is 5.32 Å². The van der Waals surface area contributed by atoms with Crippen LogP contribution in [-0.4, -0.2) is 6.54 Å². The molecule has 2 aromatic rings. The summed E-state index contributed by atoms with van der Waals surface area (Å²) in [7, 11) is 0. The predicted molar refractivity (Wildman–Crippen MR) is 78.1 cm³/mol. The minimum Gasteiger partial charge on any atom is -0.307 e. The molecule has 0 amide bonds. The molecule has 2 aromatic carbocycles. The van der Waals surface area contributed by atoms with Gasteiger partial charge in [0.2, 0.25) is 0 Å². The Bertz CT molecular complexity index is 551. The monoisotopic (exact) mass is 277 g/mol. The Morgan fingerprint density at radius 1 is 1.11 bits per heavy atom. The molecule has 100 valence electrons. The van der Waals surface area contributed by atoms with Crippen molar-refractivity contribution in [1.82, 2.24) is 5.32 Å². The van der Waals surface area contributed by atoms with Gasteiger partial charge in [-0.2, -0.15) is 0 Å². The molecule has 0 heterocycles. The van der Waals surface area contributed by atoms with E-state index < -0.39 is 0 Å². The zero-order valence-electron chi connectivity index (χ0n) is 11.1. The minimum atomic E-state index is -0.172. The van der Waals surface area contributed by atoms with E-state index in [1.54, 1.807) is 13.0 Å². The molecule has 3 heteroatoms. The molecule has 0 saturated carbocycles. The molecule has 0 saturated heterocycles. The first kappa shape index (κ1) is 14.0. The Hall–Kier alpha value is -1.38. The molecule has 0 aromatic heterocycles. The van der Waals surface area contributed by atoms with Gasteiger partial charge >= 0.3 is 0 Å². The second kappa shape index (κ2) is 6.18. The summed E-state index contributed by atoms with van der Waals surface area (Å²) < 4.78 is 13.7.